The number of para-hydroxylation sites is 1. The number of carbonyl (C=O) groups is 1. The van der Waals surface area contributed by atoms with E-state index in [4.69, 9.17) is 20.9 Å². The van der Waals surface area contributed by atoms with Crippen molar-refractivity contribution < 1.29 is 14.1 Å². The minimum atomic E-state index is -0.306. The summed E-state index contributed by atoms with van der Waals surface area (Å²) in [5.41, 5.74) is 1.96. The molecule has 7 nitrogen and oxygen atoms in total. The molecule has 1 amide bonds. The summed E-state index contributed by atoms with van der Waals surface area (Å²) in [7, 11) is 0. The lowest BCUT2D eigenvalue weighted by Crippen LogP contribution is -2.23. The number of nitrogens with zero attached hydrogens (tertiary/aromatic N) is 3. The average molecular weight is 421 g/mol. The molecule has 0 atom stereocenters. The van der Waals surface area contributed by atoms with Gasteiger partial charge in [-0.2, -0.15) is 4.98 Å². The third-order valence-electron chi connectivity index (χ3n) is 4.20. The van der Waals surface area contributed by atoms with E-state index in [0.717, 1.165) is 5.56 Å². The van der Waals surface area contributed by atoms with Crippen molar-refractivity contribution in [3.8, 4) is 17.3 Å². The molecule has 0 aliphatic heterocycles. The molecule has 2 aromatic heterocycles. The number of benzene rings is 2. The fourth-order valence-electron chi connectivity index (χ4n) is 2.70. The van der Waals surface area contributed by atoms with Gasteiger partial charge in [0.25, 0.3) is 5.91 Å². The molecule has 4 rings (SSSR count). The van der Waals surface area contributed by atoms with E-state index in [1.807, 2.05) is 24.3 Å². The highest BCUT2D eigenvalue weighted by atomic mass is 35.5. The molecule has 8 heteroatoms. The van der Waals surface area contributed by atoms with Crippen LogP contribution in [-0.2, 0) is 13.2 Å². The summed E-state index contributed by atoms with van der Waals surface area (Å²) < 4.78 is 11.0. The summed E-state index contributed by atoms with van der Waals surface area (Å²) in [5.74, 6) is 0.819. The van der Waals surface area contributed by atoms with Crippen LogP contribution < -0.4 is 10.1 Å². The van der Waals surface area contributed by atoms with Crippen LogP contribution in [-0.4, -0.2) is 21.0 Å². The average Bonchev–Trinajstić information content (AvgIpc) is 3.27. The summed E-state index contributed by atoms with van der Waals surface area (Å²) >= 11 is 5.90. The lowest BCUT2D eigenvalue weighted by molar-refractivity contribution is 0.0941. The van der Waals surface area contributed by atoms with Crippen molar-refractivity contribution >= 4 is 17.5 Å². The summed E-state index contributed by atoms with van der Waals surface area (Å²) in [6.45, 7) is 0.405. The maximum atomic E-state index is 12.7. The van der Waals surface area contributed by atoms with Crippen molar-refractivity contribution in [2.75, 3.05) is 0 Å². The summed E-state index contributed by atoms with van der Waals surface area (Å²) in [4.78, 5) is 21.1. The van der Waals surface area contributed by atoms with Gasteiger partial charge in [0, 0.05) is 11.2 Å². The maximum Gasteiger partial charge on any atom is 0.255 e. The first-order valence-electron chi connectivity index (χ1n) is 9.17. The zero-order valence-corrected chi connectivity index (χ0v) is 16.5. The minimum absolute atomic E-state index is 0.0875. The van der Waals surface area contributed by atoms with Gasteiger partial charge in [-0.1, -0.05) is 47.1 Å². The Bertz CT molecular complexity index is 1130. The van der Waals surface area contributed by atoms with Crippen molar-refractivity contribution in [2.24, 2.45) is 0 Å². The van der Waals surface area contributed by atoms with Gasteiger partial charge >= 0.3 is 0 Å². The predicted octanol–water partition coefficient (Wildman–Crippen LogP) is 4.29. The number of aromatic nitrogens is 3. The molecule has 2 aromatic carbocycles. The van der Waals surface area contributed by atoms with Gasteiger partial charge in [0.1, 0.15) is 18.1 Å². The normalized spacial score (nSPS) is 10.6. The number of hydrogen-bond acceptors (Lipinski definition) is 6. The van der Waals surface area contributed by atoms with Crippen molar-refractivity contribution in [1.29, 1.82) is 0 Å². The highest BCUT2D eigenvalue weighted by Crippen LogP contribution is 2.20. The van der Waals surface area contributed by atoms with Crippen LogP contribution in [0.25, 0.3) is 11.5 Å². The number of halogens is 1. The van der Waals surface area contributed by atoms with Crippen molar-refractivity contribution in [3.63, 3.8) is 0 Å². The molecule has 0 unspecified atom stereocenters. The lowest BCUT2D eigenvalue weighted by atomic mass is 10.2. The molecule has 0 spiro atoms. The van der Waals surface area contributed by atoms with Crippen LogP contribution in [0.4, 0.5) is 0 Å². The fourth-order valence-corrected chi connectivity index (χ4v) is 2.82. The van der Waals surface area contributed by atoms with Gasteiger partial charge in [0.05, 0.1) is 12.1 Å². The third-order valence-corrected chi connectivity index (χ3v) is 4.45. The second kappa shape index (κ2) is 9.19. The van der Waals surface area contributed by atoms with Crippen molar-refractivity contribution in [1.82, 2.24) is 20.4 Å². The van der Waals surface area contributed by atoms with Crippen molar-refractivity contribution in [2.45, 2.75) is 13.2 Å². The first kappa shape index (κ1) is 19.6. The van der Waals surface area contributed by atoms with E-state index in [0.29, 0.717) is 34.5 Å². The Labute approximate surface area is 177 Å². The highest BCUT2D eigenvalue weighted by molar-refractivity contribution is 6.30. The van der Waals surface area contributed by atoms with E-state index in [1.165, 1.54) is 0 Å². The Morgan fingerprint density at radius 2 is 1.83 bits per heavy atom. The van der Waals surface area contributed by atoms with E-state index in [-0.39, 0.29) is 18.3 Å². The topological polar surface area (TPSA) is 90.1 Å². The van der Waals surface area contributed by atoms with E-state index in [9.17, 15) is 4.79 Å². The fraction of sp³-hybridized carbons (Fsp3) is 0.0909. The monoisotopic (exact) mass is 420 g/mol. The van der Waals surface area contributed by atoms with Gasteiger partial charge in [0.15, 0.2) is 0 Å². The van der Waals surface area contributed by atoms with Gasteiger partial charge in [0.2, 0.25) is 11.7 Å². The predicted molar refractivity (Wildman–Crippen MR) is 111 cm³/mol. The minimum Gasteiger partial charge on any atom is -0.488 e. The van der Waals surface area contributed by atoms with Gasteiger partial charge in [-0.3, -0.25) is 9.78 Å². The molecule has 0 fully saturated rings. The summed E-state index contributed by atoms with van der Waals surface area (Å²) in [5, 5.41) is 7.32. The lowest BCUT2D eigenvalue weighted by Gasteiger charge is -2.11. The Morgan fingerprint density at radius 1 is 1.03 bits per heavy atom. The molecule has 0 bridgehead atoms. The molecule has 4 aromatic rings. The molecular weight excluding hydrogens is 404 g/mol. The quantitative estimate of drug-likeness (QED) is 0.479. The molecule has 0 aliphatic carbocycles. The zero-order valence-electron chi connectivity index (χ0n) is 15.8. The third kappa shape index (κ3) is 4.82. The maximum absolute atomic E-state index is 12.7. The molecule has 1 N–H and O–H groups in total. The Kier molecular flexibility index (Phi) is 6.01. The molecule has 30 heavy (non-hydrogen) atoms. The molecule has 0 saturated heterocycles. The first-order chi connectivity index (χ1) is 14.7. The number of pyridine rings is 1. The van der Waals surface area contributed by atoms with Crippen LogP contribution in [0, 0.1) is 0 Å². The Hall–Kier alpha value is -3.71. The molecular formula is C22H17ClN4O3. The molecule has 2 heterocycles. The van der Waals surface area contributed by atoms with Crippen LogP contribution >= 0.6 is 11.6 Å². The van der Waals surface area contributed by atoms with Gasteiger partial charge < -0.3 is 14.6 Å². The first-order valence-corrected chi connectivity index (χ1v) is 9.55. The van der Waals surface area contributed by atoms with E-state index in [2.05, 4.69) is 20.4 Å². The van der Waals surface area contributed by atoms with Crippen LogP contribution in [0.15, 0.2) is 77.4 Å². The van der Waals surface area contributed by atoms with Gasteiger partial charge in [-0.25, -0.2) is 0 Å². The highest BCUT2D eigenvalue weighted by Gasteiger charge is 2.15. The molecule has 0 aliphatic rings. The van der Waals surface area contributed by atoms with E-state index >= 15 is 0 Å². The summed E-state index contributed by atoms with van der Waals surface area (Å²) in [6, 6.07) is 19.8. The van der Waals surface area contributed by atoms with E-state index < -0.39 is 0 Å². The molecule has 150 valence electrons. The Morgan fingerprint density at radius 3 is 2.63 bits per heavy atom. The van der Waals surface area contributed by atoms with Crippen LogP contribution in [0.3, 0.4) is 0 Å². The number of hydrogen-bond donors (Lipinski definition) is 1. The standard InChI is InChI=1S/C22H17ClN4O3/c23-16-10-8-15(9-11-16)14-29-19-7-2-1-5-17(19)22(28)25-13-20-26-21(27-30-20)18-6-3-4-12-24-18/h1-12H,13-14H2,(H,25,28). The zero-order chi connectivity index (χ0) is 20.8. The van der Waals surface area contributed by atoms with Crippen LogP contribution in [0.2, 0.25) is 5.02 Å². The SMILES string of the molecule is O=C(NCc1nc(-c2ccccn2)no1)c1ccccc1OCc1ccc(Cl)cc1. The number of amides is 1. The summed E-state index contributed by atoms with van der Waals surface area (Å²) in [6.07, 6.45) is 1.65. The smallest absolute Gasteiger partial charge is 0.255 e. The Balaban J connectivity index is 1.39. The number of carbonyl (C=O) groups excluding carboxylic acids is 1. The van der Waals surface area contributed by atoms with Crippen LogP contribution in [0.5, 0.6) is 5.75 Å². The number of ether oxygens (including phenoxy) is 1. The number of rotatable bonds is 7. The second-order valence-electron chi connectivity index (χ2n) is 6.32. The second-order valence-corrected chi connectivity index (χ2v) is 6.76. The molecule has 0 saturated carbocycles. The largest absolute Gasteiger partial charge is 0.488 e. The number of nitrogens with one attached hydrogen (secondary N) is 1. The van der Waals surface area contributed by atoms with Crippen molar-refractivity contribution in [3.05, 3.63) is 95.0 Å². The van der Waals surface area contributed by atoms with Gasteiger partial charge in [-0.05, 0) is 42.0 Å². The van der Waals surface area contributed by atoms with Crippen LogP contribution in [0.1, 0.15) is 21.8 Å². The van der Waals surface area contributed by atoms with Gasteiger partial charge in [-0.15, -0.1) is 0 Å². The molecule has 0 radical (unpaired) electrons. The van der Waals surface area contributed by atoms with E-state index in [1.54, 1.807) is 48.7 Å².